The second-order valence-corrected chi connectivity index (χ2v) is 6.47. The molecule has 0 N–H and O–H groups in total. The van der Waals surface area contributed by atoms with Gasteiger partial charge in [-0.3, -0.25) is 4.79 Å². The summed E-state index contributed by atoms with van der Waals surface area (Å²) < 4.78 is 5.57. The van der Waals surface area contributed by atoms with Gasteiger partial charge < -0.3 is 4.74 Å². The van der Waals surface area contributed by atoms with Crippen LogP contribution in [0.2, 0.25) is 0 Å². The van der Waals surface area contributed by atoms with E-state index in [2.05, 4.69) is 31.2 Å². The van der Waals surface area contributed by atoms with E-state index < -0.39 is 0 Å². The average molecular weight is 274 g/mol. The Morgan fingerprint density at radius 2 is 2.05 bits per heavy atom. The summed E-state index contributed by atoms with van der Waals surface area (Å²) in [6, 6.07) is 10.3. The summed E-state index contributed by atoms with van der Waals surface area (Å²) in [6.07, 6.45) is 5.39. The molecule has 4 atom stereocenters. The molecule has 1 aromatic carbocycles. The molecule has 0 bridgehead atoms. The number of carbonyl (C=O) groups excluding carboxylic acids is 1. The number of thioether (sulfide) groups is 1. The zero-order valence-electron chi connectivity index (χ0n) is 11.0. The quantitative estimate of drug-likeness (QED) is 0.479. The Hall–Kier alpha value is -1.22. The molecule has 3 rings (SSSR count). The minimum atomic E-state index is -0.000128. The summed E-state index contributed by atoms with van der Waals surface area (Å²) in [5, 5.41) is 0. The van der Waals surface area contributed by atoms with Gasteiger partial charge in [-0.05, 0) is 24.5 Å². The summed E-state index contributed by atoms with van der Waals surface area (Å²) >= 11 is 1.77. The van der Waals surface area contributed by atoms with Crippen molar-refractivity contribution in [2.24, 2.45) is 17.8 Å². The first-order chi connectivity index (χ1) is 9.24. The van der Waals surface area contributed by atoms with E-state index in [0.29, 0.717) is 5.92 Å². The summed E-state index contributed by atoms with van der Waals surface area (Å²) in [6.45, 7) is 2.16. The second kappa shape index (κ2) is 5.41. The van der Waals surface area contributed by atoms with E-state index in [1.807, 2.05) is 18.2 Å². The SMILES string of the molecule is C[C@@H]1C=C[C@@H]2[C@@H](CSc3ccccc3)OC(=O)[C@@H]2C1. The third-order valence-electron chi connectivity index (χ3n) is 3.91. The number of fused-ring (bicyclic) bond motifs is 1. The van der Waals surface area contributed by atoms with E-state index in [4.69, 9.17) is 4.74 Å². The molecule has 100 valence electrons. The first-order valence-electron chi connectivity index (χ1n) is 6.80. The predicted molar refractivity (Wildman–Crippen MR) is 76.9 cm³/mol. The van der Waals surface area contributed by atoms with Crippen molar-refractivity contribution in [1.82, 2.24) is 0 Å². The van der Waals surface area contributed by atoms with Crippen molar-refractivity contribution in [2.75, 3.05) is 5.75 Å². The van der Waals surface area contributed by atoms with Gasteiger partial charge in [-0.25, -0.2) is 0 Å². The zero-order valence-corrected chi connectivity index (χ0v) is 11.8. The lowest BCUT2D eigenvalue weighted by molar-refractivity contribution is -0.143. The molecule has 0 unspecified atom stereocenters. The molecule has 1 fully saturated rings. The van der Waals surface area contributed by atoms with Crippen LogP contribution in [0.15, 0.2) is 47.4 Å². The van der Waals surface area contributed by atoms with Crippen molar-refractivity contribution in [3.05, 3.63) is 42.5 Å². The number of esters is 1. The van der Waals surface area contributed by atoms with Crippen LogP contribution < -0.4 is 0 Å². The van der Waals surface area contributed by atoms with E-state index in [1.54, 1.807) is 11.8 Å². The Bertz CT molecular complexity index is 483. The monoisotopic (exact) mass is 274 g/mol. The maximum atomic E-state index is 11.9. The highest BCUT2D eigenvalue weighted by molar-refractivity contribution is 7.99. The minimum Gasteiger partial charge on any atom is -0.461 e. The van der Waals surface area contributed by atoms with E-state index in [9.17, 15) is 4.79 Å². The van der Waals surface area contributed by atoms with Crippen molar-refractivity contribution >= 4 is 17.7 Å². The minimum absolute atomic E-state index is 0.000128. The molecule has 0 radical (unpaired) electrons. The lowest BCUT2D eigenvalue weighted by Gasteiger charge is -2.23. The average Bonchev–Trinajstić information content (AvgIpc) is 2.74. The highest BCUT2D eigenvalue weighted by Crippen LogP contribution is 2.39. The normalized spacial score (nSPS) is 33.0. The van der Waals surface area contributed by atoms with Crippen molar-refractivity contribution < 1.29 is 9.53 Å². The van der Waals surface area contributed by atoms with Crippen LogP contribution >= 0.6 is 11.8 Å². The van der Waals surface area contributed by atoms with E-state index in [-0.39, 0.29) is 23.9 Å². The summed E-state index contributed by atoms with van der Waals surface area (Å²) in [5.41, 5.74) is 0. The standard InChI is InChI=1S/C16H18O2S/c1-11-7-8-13-14(9-11)16(17)18-15(13)10-19-12-5-3-2-4-6-12/h2-8,11,13-15H,9-10H2,1H3/t11-,13+,14-,15-/m1/s1. The summed E-state index contributed by atoms with van der Waals surface area (Å²) in [7, 11) is 0. The number of cyclic esters (lactones) is 1. The van der Waals surface area contributed by atoms with Crippen LogP contribution in [0.3, 0.4) is 0 Å². The molecule has 1 aliphatic carbocycles. The Labute approximate surface area is 118 Å². The maximum absolute atomic E-state index is 11.9. The Balaban J connectivity index is 1.66. The molecule has 0 spiro atoms. The molecular weight excluding hydrogens is 256 g/mol. The molecule has 2 aliphatic rings. The number of rotatable bonds is 3. The number of ether oxygens (including phenoxy) is 1. The number of hydrogen-bond acceptors (Lipinski definition) is 3. The maximum Gasteiger partial charge on any atom is 0.310 e. The smallest absolute Gasteiger partial charge is 0.310 e. The molecule has 0 amide bonds. The van der Waals surface area contributed by atoms with E-state index in [1.165, 1.54) is 4.90 Å². The molecule has 0 saturated carbocycles. The second-order valence-electron chi connectivity index (χ2n) is 5.38. The van der Waals surface area contributed by atoms with Gasteiger partial charge in [-0.2, -0.15) is 0 Å². The molecule has 1 aliphatic heterocycles. The van der Waals surface area contributed by atoms with Crippen LogP contribution in [-0.4, -0.2) is 17.8 Å². The van der Waals surface area contributed by atoms with Gasteiger partial charge in [0.1, 0.15) is 6.10 Å². The number of carbonyl (C=O) groups is 1. The van der Waals surface area contributed by atoms with Crippen molar-refractivity contribution in [1.29, 1.82) is 0 Å². The number of allylic oxidation sites excluding steroid dienone is 1. The fourth-order valence-electron chi connectivity index (χ4n) is 2.88. The van der Waals surface area contributed by atoms with Crippen molar-refractivity contribution in [3.8, 4) is 0 Å². The molecular formula is C16H18O2S. The Morgan fingerprint density at radius 3 is 2.84 bits per heavy atom. The van der Waals surface area contributed by atoms with Crippen LogP contribution in [0, 0.1) is 17.8 Å². The molecule has 1 aromatic rings. The first kappa shape index (κ1) is 12.8. The van der Waals surface area contributed by atoms with Gasteiger partial charge in [0, 0.05) is 16.6 Å². The largest absolute Gasteiger partial charge is 0.461 e. The zero-order chi connectivity index (χ0) is 13.2. The number of benzene rings is 1. The number of hydrogen-bond donors (Lipinski definition) is 0. The van der Waals surface area contributed by atoms with Crippen LogP contribution in [0.25, 0.3) is 0 Å². The molecule has 1 heterocycles. The van der Waals surface area contributed by atoms with Gasteiger partial charge in [-0.1, -0.05) is 37.3 Å². The van der Waals surface area contributed by atoms with Crippen LogP contribution in [0.4, 0.5) is 0 Å². The molecule has 19 heavy (non-hydrogen) atoms. The highest BCUT2D eigenvalue weighted by atomic mass is 32.2. The van der Waals surface area contributed by atoms with Gasteiger partial charge in [0.15, 0.2) is 0 Å². The molecule has 3 heteroatoms. The van der Waals surface area contributed by atoms with Gasteiger partial charge in [0.2, 0.25) is 0 Å². The third kappa shape index (κ3) is 2.71. The van der Waals surface area contributed by atoms with Gasteiger partial charge in [0.05, 0.1) is 5.92 Å². The highest BCUT2D eigenvalue weighted by Gasteiger charge is 2.44. The third-order valence-corrected chi connectivity index (χ3v) is 5.01. The van der Waals surface area contributed by atoms with Gasteiger partial charge >= 0.3 is 5.97 Å². The van der Waals surface area contributed by atoms with E-state index in [0.717, 1.165) is 12.2 Å². The van der Waals surface area contributed by atoms with Crippen molar-refractivity contribution in [2.45, 2.75) is 24.3 Å². The van der Waals surface area contributed by atoms with Crippen LogP contribution in [0.5, 0.6) is 0 Å². The van der Waals surface area contributed by atoms with Gasteiger partial charge in [0.25, 0.3) is 0 Å². The lowest BCUT2D eigenvalue weighted by Crippen LogP contribution is -2.25. The Kier molecular flexibility index (Phi) is 3.65. The molecule has 0 aromatic heterocycles. The fraction of sp³-hybridized carbons (Fsp3) is 0.438. The van der Waals surface area contributed by atoms with E-state index >= 15 is 0 Å². The van der Waals surface area contributed by atoms with Gasteiger partial charge in [-0.15, -0.1) is 11.8 Å². The van der Waals surface area contributed by atoms with Crippen LogP contribution in [-0.2, 0) is 9.53 Å². The van der Waals surface area contributed by atoms with Crippen molar-refractivity contribution in [3.63, 3.8) is 0 Å². The molecule has 1 saturated heterocycles. The van der Waals surface area contributed by atoms with Crippen LogP contribution in [0.1, 0.15) is 13.3 Å². The molecule has 2 nitrogen and oxygen atoms in total. The Morgan fingerprint density at radius 1 is 1.26 bits per heavy atom. The topological polar surface area (TPSA) is 26.3 Å². The first-order valence-corrected chi connectivity index (χ1v) is 7.79. The summed E-state index contributed by atoms with van der Waals surface area (Å²) in [5.74, 6) is 1.70. The summed E-state index contributed by atoms with van der Waals surface area (Å²) in [4.78, 5) is 13.1. The lowest BCUT2D eigenvalue weighted by atomic mass is 9.79. The predicted octanol–water partition coefficient (Wildman–Crippen LogP) is 3.53. The fourth-order valence-corrected chi connectivity index (χ4v) is 3.88.